The lowest BCUT2D eigenvalue weighted by Gasteiger charge is -2.02. The summed E-state index contributed by atoms with van der Waals surface area (Å²) in [5.74, 6) is -0.201. The first-order valence-corrected chi connectivity index (χ1v) is 4.84. The molecule has 4 heteroatoms. The van der Waals surface area contributed by atoms with Crippen LogP contribution in [0.2, 0.25) is 5.02 Å². The summed E-state index contributed by atoms with van der Waals surface area (Å²) in [4.78, 5) is 14.4. The summed E-state index contributed by atoms with van der Waals surface area (Å²) in [7, 11) is 0. The fourth-order valence-corrected chi connectivity index (χ4v) is 1.38. The topological polar surface area (TPSA) is 44.9 Å². The number of halogens is 1. The Hall–Kier alpha value is -1.74. The molecule has 0 saturated carbocycles. The second-order valence-electron chi connectivity index (χ2n) is 3.05. The van der Waals surface area contributed by atoms with E-state index in [1.54, 1.807) is 12.3 Å². The number of benzene rings is 1. The number of anilines is 1. The van der Waals surface area contributed by atoms with Gasteiger partial charge in [-0.15, -0.1) is 0 Å². The smallest absolute Gasteiger partial charge is 0.272 e. The van der Waals surface area contributed by atoms with Crippen LogP contribution in [0.15, 0.2) is 42.6 Å². The van der Waals surface area contributed by atoms with Crippen LogP contribution in [-0.2, 0) is 0 Å². The number of hydrogen-bond acceptors (Lipinski definition) is 1. The van der Waals surface area contributed by atoms with Crippen molar-refractivity contribution < 1.29 is 4.79 Å². The van der Waals surface area contributed by atoms with Crippen molar-refractivity contribution in [3.05, 3.63) is 53.3 Å². The molecule has 1 amide bonds. The lowest BCUT2D eigenvalue weighted by atomic mass is 10.3. The molecule has 0 unspecified atom stereocenters. The Kier molecular flexibility index (Phi) is 2.74. The molecule has 0 atom stereocenters. The molecule has 1 aromatic heterocycles. The highest BCUT2D eigenvalue weighted by Gasteiger charge is 2.07. The average Bonchev–Trinajstić information content (AvgIpc) is 2.66. The highest BCUT2D eigenvalue weighted by molar-refractivity contribution is 6.31. The minimum absolute atomic E-state index is 0.201. The molecule has 1 heterocycles. The zero-order valence-electron chi connectivity index (χ0n) is 7.83. The molecule has 15 heavy (non-hydrogen) atoms. The van der Waals surface area contributed by atoms with E-state index < -0.39 is 0 Å². The van der Waals surface area contributed by atoms with Gasteiger partial charge >= 0.3 is 0 Å². The number of nitrogens with one attached hydrogen (secondary N) is 2. The third-order valence-corrected chi connectivity index (χ3v) is 2.14. The Morgan fingerprint density at radius 1 is 1.27 bits per heavy atom. The van der Waals surface area contributed by atoms with E-state index in [1.807, 2.05) is 30.3 Å². The summed E-state index contributed by atoms with van der Waals surface area (Å²) in [6.45, 7) is 0. The van der Waals surface area contributed by atoms with E-state index in [0.717, 1.165) is 5.69 Å². The summed E-state index contributed by atoms with van der Waals surface area (Å²) in [6.07, 6.45) is 1.57. The third-order valence-electron chi connectivity index (χ3n) is 1.92. The van der Waals surface area contributed by atoms with E-state index in [0.29, 0.717) is 10.7 Å². The molecule has 0 saturated heterocycles. The van der Waals surface area contributed by atoms with E-state index in [9.17, 15) is 4.79 Å². The summed E-state index contributed by atoms with van der Waals surface area (Å²) in [5, 5.41) is 3.26. The number of H-pyrrole nitrogens is 1. The SMILES string of the molecule is O=C(Nc1ccccc1)c1cc(Cl)c[nH]1. The summed E-state index contributed by atoms with van der Waals surface area (Å²) >= 11 is 5.70. The Balaban J connectivity index is 2.11. The minimum Gasteiger partial charge on any atom is -0.356 e. The van der Waals surface area contributed by atoms with Crippen molar-refractivity contribution in [3.8, 4) is 0 Å². The van der Waals surface area contributed by atoms with Gasteiger partial charge in [0.25, 0.3) is 5.91 Å². The van der Waals surface area contributed by atoms with E-state index in [-0.39, 0.29) is 5.91 Å². The number of para-hydroxylation sites is 1. The van der Waals surface area contributed by atoms with E-state index in [2.05, 4.69) is 10.3 Å². The molecule has 0 aliphatic rings. The van der Waals surface area contributed by atoms with Gasteiger partial charge in [-0.1, -0.05) is 29.8 Å². The van der Waals surface area contributed by atoms with Crippen molar-refractivity contribution in [2.24, 2.45) is 0 Å². The Morgan fingerprint density at radius 2 is 2.00 bits per heavy atom. The maximum atomic E-state index is 11.6. The average molecular weight is 221 g/mol. The normalized spacial score (nSPS) is 9.93. The number of rotatable bonds is 2. The molecule has 0 bridgehead atoms. The van der Waals surface area contributed by atoms with Crippen molar-refractivity contribution in [2.45, 2.75) is 0 Å². The Labute approximate surface area is 92.1 Å². The zero-order valence-corrected chi connectivity index (χ0v) is 8.58. The zero-order chi connectivity index (χ0) is 10.7. The first kappa shape index (κ1) is 9.80. The van der Waals surface area contributed by atoms with Crippen molar-refractivity contribution in [1.29, 1.82) is 0 Å². The fraction of sp³-hybridized carbons (Fsp3) is 0. The van der Waals surface area contributed by atoms with Gasteiger partial charge in [-0.05, 0) is 18.2 Å². The lowest BCUT2D eigenvalue weighted by Crippen LogP contribution is -2.11. The molecule has 0 aliphatic heterocycles. The molecule has 0 fully saturated rings. The Bertz CT molecular complexity index is 464. The van der Waals surface area contributed by atoms with Gasteiger partial charge in [0.2, 0.25) is 0 Å². The van der Waals surface area contributed by atoms with Crippen molar-refractivity contribution in [2.75, 3.05) is 5.32 Å². The molecule has 2 rings (SSSR count). The van der Waals surface area contributed by atoms with Gasteiger partial charge in [0.15, 0.2) is 0 Å². The first-order valence-electron chi connectivity index (χ1n) is 4.46. The molecular formula is C11H9ClN2O. The van der Waals surface area contributed by atoms with Gasteiger partial charge in [0.05, 0.1) is 5.02 Å². The van der Waals surface area contributed by atoms with Crippen LogP contribution in [0.25, 0.3) is 0 Å². The van der Waals surface area contributed by atoms with Crippen LogP contribution >= 0.6 is 11.6 Å². The monoisotopic (exact) mass is 220 g/mol. The number of aromatic nitrogens is 1. The predicted octanol–water partition coefficient (Wildman–Crippen LogP) is 2.92. The lowest BCUT2D eigenvalue weighted by molar-refractivity contribution is 0.102. The molecule has 1 aromatic carbocycles. The van der Waals surface area contributed by atoms with Gasteiger partial charge < -0.3 is 10.3 Å². The first-order chi connectivity index (χ1) is 7.25. The van der Waals surface area contributed by atoms with Gasteiger partial charge in [0.1, 0.15) is 5.69 Å². The Morgan fingerprint density at radius 3 is 2.60 bits per heavy atom. The van der Waals surface area contributed by atoms with E-state index in [1.165, 1.54) is 0 Å². The largest absolute Gasteiger partial charge is 0.356 e. The molecular weight excluding hydrogens is 212 g/mol. The van der Waals surface area contributed by atoms with Crippen LogP contribution in [0.5, 0.6) is 0 Å². The minimum atomic E-state index is -0.201. The molecule has 0 spiro atoms. The van der Waals surface area contributed by atoms with Crippen LogP contribution in [0.4, 0.5) is 5.69 Å². The molecule has 3 nitrogen and oxygen atoms in total. The van der Waals surface area contributed by atoms with Gasteiger partial charge in [-0.2, -0.15) is 0 Å². The number of aromatic amines is 1. The van der Waals surface area contributed by atoms with E-state index >= 15 is 0 Å². The van der Waals surface area contributed by atoms with Crippen LogP contribution in [0.3, 0.4) is 0 Å². The number of carbonyl (C=O) groups excluding carboxylic acids is 1. The van der Waals surface area contributed by atoms with Gasteiger partial charge in [-0.3, -0.25) is 4.79 Å². The summed E-state index contributed by atoms with van der Waals surface area (Å²) < 4.78 is 0. The van der Waals surface area contributed by atoms with E-state index in [4.69, 9.17) is 11.6 Å². The molecule has 0 radical (unpaired) electrons. The number of amides is 1. The second-order valence-corrected chi connectivity index (χ2v) is 3.49. The highest BCUT2D eigenvalue weighted by atomic mass is 35.5. The molecule has 76 valence electrons. The van der Waals surface area contributed by atoms with Gasteiger partial charge in [0, 0.05) is 11.9 Å². The molecule has 0 aliphatic carbocycles. The molecule has 2 aromatic rings. The summed E-state index contributed by atoms with van der Waals surface area (Å²) in [6, 6.07) is 10.8. The van der Waals surface area contributed by atoms with Crippen molar-refractivity contribution >= 4 is 23.2 Å². The quantitative estimate of drug-likeness (QED) is 0.803. The molecule has 2 N–H and O–H groups in total. The van der Waals surface area contributed by atoms with Crippen LogP contribution in [-0.4, -0.2) is 10.9 Å². The number of hydrogen-bond donors (Lipinski definition) is 2. The fourth-order valence-electron chi connectivity index (χ4n) is 1.22. The van der Waals surface area contributed by atoms with Crippen LogP contribution in [0, 0.1) is 0 Å². The number of carbonyl (C=O) groups is 1. The van der Waals surface area contributed by atoms with Crippen molar-refractivity contribution in [3.63, 3.8) is 0 Å². The summed E-state index contributed by atoms with van der Waals surface area (Å²) in [5.41, 5.74) is 1.21. The van der Waals surface area contributed by atoms with Gasteiger partial charge in [-0.25, -0.2) is 0 Å². The van der Waals surface area contributed by atoms with Crippen LogP contribution < -0.4 is 5.32 Å². The van der Waals surface area contributed by atoms with Crippen LogP contribution in [0.1, 0.15) is 10.5 Å². The van der Waals surface area contributed by atoms with Crippen molar-refractivity contribution in [1.82, 2.24) is 4.98 Å². The maximum absolute atomic E-state index is 11.6. The standard InChI is InChI=1S/C11H9ClN2O/c12-8-6-10(13-7-8)11(15)14-9-4-2-1-3-5-9/h1-7,13H,(H,14,15). The second kappa shape index (κ2) is 4.19. The highest BCUT2D eigenvalue weighted by Crippen LogP contribution is 2.12. The predicted molar refractivity (Wildman–Crippen MR) is 60.2 cm³/mol. The maximum Gasteiger partial charge on any atom is 0.272 e. The third kappa shape index (κ3) is 2.39.